The van der Waals surface area contributed by atoms with E-state index in [2.05, 4.69) is 184 Å². The minimum Gasteiger partial charge on any atom is -0.135 e. The number of fused-ring (bicyclic) bond motifs is 11. The zero-order valence-electron chi connectivity index (χ0n) is 29.8. The fourth-order valence-corrected chi connectivity index (χ4v) is 10.4. The van der Waals surface area contributed by atoms with E-state index in [0.717, 1.165) is 6.42 Å². The topological polar surface area (TPSA) is 0 Å². The van der Waals surface area contributed by atoms with Gasteiger partial charge in [-0.3, -0.25) is 0 Å². The molecule has 0 fully saturated rings. The van der Waals surface area contributed by atoms with Gasteiger partial charge in [0.25, 0.3) is 0 Å². The second-order valence-electron chi connectivity index (χ2n) is 15.3. The molecule has 0 saturated heterocycles. The zero-order chi connectivity index (χ0) is 35.3. The molecule has 0 atom stereocenters. The summed E-state index contributed by atoms with van der Waals surface area (Å²) in [6, 6.07) is 63.5. The maximum Gasteiger partial charge on any atom is 0.0358 e. The average Bonchev–Trinajstić information content (AvgIpc) is 3.69. The molecule has 0 saturated carbocycles. The van der Waals surface area contributed by atoms with Gasteiger partial charge in [-0.25, -0.2) is 0 Å². The van der Waals surface area contributed by atoms with E-state index in [1.165, 1.54) is 108 Å². The minimum atomic E-state index is -0.0844. The Bertz CT molecular complexity index is 3100. The van der Waals surface area contributed by atoms with Gasteiger partial charge < -0.3 is 0 Å². The molecule has 1 aliphatic rings. The molecule has 10 aromatic rings. The first-order chi connectivity index (χ1) is 26.0. The van der Waals surface area contributed by atoms with Gasteiger partial charge in [-0.15, -0.1) is 11.3 Å². The van der Waals surface area contributed by atoms with Gasteiger partial charge in [0, 0.05) is 25.6 Å². The van der Waals surface area contributed by atoms with Gasteiger partial charge in [0.1, 0.15) is 0 Å². The van der Waals surface area contributed by atoms with Crippen LogP contribution in [0.5, 0.6) is 0 Å². The summed E-state index contributed by atoms with van der Waals surface area (Å²) in [5, 5.41) is 10.6. The van der Waals surface area contributed by atoms with Crippen molar-refractivity contribution in [2.45, 2.75) is 25.7 Å². The van der Waals surface area contributed by atoms with Crippen molar-refractivity contribution in [1.82, 2.24) is 0 Å². The van der Waals surface area contributed by atoms with E-state index < -0.39 is 0 Å². The number of hydrogen-bond donors (Lipinski definition) is 0. The summed E-state index contributed by atoms with van der Waals surface area (Å²) >= 11 is 1.91. The van der Waals surface area contributed by atoms with E-state index in [1.807, 2.05) is 11.3 Å². The Kier molecular flexibility index (Phi) is 6.63. The minimum absolute atomic E-state index is 0.0844. The van der Waals surface area contributed by atoms with Crippen LogP contribution < -0.4 is 0 Å². The van der Waals surface area contributed by atoms with Crippen LogP contribution in [-0.2, 0) is 11.8 Å². The van der Waals surface area contributed by atoms with Crippen LogP contribution in [-0.4, -0.2) is 0 Å². The number of benzene rings is 9. The van der Waals surface area contributed by atoms with Gasteiger partial charge in [0.05, 0.1) is 0 Å². The first-order valence-corrected chi connectivity index (χ1v) is 19.4. The van der Waals surface area contributed by atoms with Crippen molar-refractivity contribution < 1.29 is 0 Å². The number of rotatable bonds is 4. The van der Waals surface area contributed by atoms with Crippen LogP contribution in [0.15, 0.2) is 170 Å². The van der Waals surface area contributed by atoms with Gasteiger partial charge in [0.2, 0.25) is 0 Å². The first kappa shape index (κ1) is 30.6. The lowest BCUT2D eigenvalue weighted by Crippen LogP contribution is -2.15. The highest BCUT2D eigenvalue weighted by atomic mass is 32.1. The molecule has 9 aromatic carbocycles. The highest BCUT2D eigenvalue weighted by molar-refractivity contribution is 7.25. The molecule has 0 radical (unpaired) electrons. The van der Waals surface area contributed by atoms with Crippen molar-refractivity contribution >= 4 is 63.8 Å². The second kappa shape index (κ2) is 11.5. The lowest BCUT2D eigenvalue weighted by atomic mass is 9.80. The third-order valence-corrected chi connectivity index (χ3v) is 13.0. The van der Waals surface area contributed by atoms with E-state index >= 15 is 0 Å². The Labute approximate surface area is 313 Å². The van der Waals surface area contributed by atoms with Crippen LogP contribution in [0.2, 0.25) is 0 Å². The van der Waals surface area contributed by atoms with E-state index in [0.29, 0.717) is 0 Å². The van der Waals surface area contributed by atoms with E-state index in [-0.39, 0.29) is 5.41 Å². The zero-order valence-corrected chi connectivity index (χ0v) is 30.6. The summed E-state index contributed by atoms with van der Waals surface area (Å²) in [6.45, 7) is 4.85. The van der Waals surface area contributed by atoms with Crippen molar-refractivity contribution in [1.29, 1.82) is 0 Å². The fourth-order valence-electron chi connectivity index (χ4n) is 9.32. The molecule has 53 heavy (non-hydrogen) atoms. The molecule has 0 amide bonds. The van der Waals surface area contributed by atoms with Gasteiger partial charge in [-0.2, -0.15) is 0 Å². The fraction of sp³-hybridized carbons (Fsp3) is 0.0769. The largest absolute Gasteiger partial charge is 0.135 e. The molecule has 0 bridgehead atoms. The maximum absolute atomic E-state index is 2.50. The third-order valence-electron chi connectivity index (χ3n) is 11.9. The SMILES string of the molecule is CC1(C)c2cc(Cc3cc4ccc(-c5ccc(-c6cccc7ccccc67)cc5)cc4c4ccccc34)ccc2-c2ccc3sc4ccccc4c3c21. The van der Waals surface area contributed by atoms with Crippen molar-refractivity contribution in [2.24, 2.45) is 0 Å². The van der Waals surface area contributed by atoms with Crippen molar-refractivity contribution in [3.63, 3.8) is 0 Å². The molecule has 0 N–H and O–H groups in total. The number of thiophene rings is 1. The quantitative estimate of drug-likeness (QED) is 0.161. The van der Waals surface area contributed by atoms with Crippen LogP contribution in [0, 0.1) is 0 Å². The second-order valence-corrected chi connectivity index (χ2v) is 16.3. The molecule has 1 aromatic heterocycles. The van der Waals surface area contributed by atoms with E-state index in [4.69, 9.17) is 0 Å². The van der Waals surface area contributed by atoms with Crippen molar-refractivity contribution in [3.05, 3.63) is 192 Å². The normalized spacial score (nSPS) is 13.3. The lowest BCUT2D eigenvalue weighted by molar-refractivity contribution is 0.666. The molecule has 0 spiro atoms. The lowest BCUT2D eigenvalue weighted by Gasteiger charge is -2.23. The van der Waals surface area contributed by atoms with Gasteiger partial charge >= 0.3 is 0 Å². The summed E-state index contributed by atoms with van der Waals surface area (Å²) in [5.41, 5.74) is 13.3. The van der Waals surface area contributed by atoms with Crippen molar-refractivity contribution in [3.8, 4) is 33.4 Å². The Hall–Kier alpha value is -6.02. The van der Waals surface area contributed by atoms with Gasteiger partial charge in [-0.05, 0) is 113 Å². The van der Waals surface area contributed by atoms with Crippen LogP contribution in [0.3, 0.4) is 0 Å². The highest BCUT2D eigenvalue weighted by Gasteiger charge is 2.38. The smallest absolute Gasteiger partial charge is 0.0358 e. The van der Waals surface area contributed by atoms with Gasteiger partial charge in [-0.1, -0.05) is 166 Å². The first-order valence-electron chi connectivity index (χ1n) is 18.6. The highest BCUT2D eigenvalue weighted by Crippen LogP contribution is 2.54. The Balaban J connectivity index is 0.958. The molecule has 1 heteroatoms. The molecule has 1 aliphatic carbocycles. The summed E-state index contributed by atoms with van der Waals surface area (Å²) in [4.78, 5) is 0. The van der Waals surface area contributed by atoms with Crippen LogP contribution in [0.25, 0.3) is 85.9 Å². The maximum atomic E-state index is 2.50. The summed E-state index contributed by atoms with van der Waals surface area (Å²) < 4.78 is 2.75. The molecule has 1 heterocycles. The Morgan fingerprint density at radius 2 is 1.13 bits per heavy atom. The molecule has 0 nitrogen and oxygen atoms in total. The van der Waals surface area contributed by atoms with E-state index in [1.54, 1.807) is 0 Å². The van der Waals surface area contributed by atoms with E-state index in [9.17, 15) is 0 Å². The molecule has 0 unspecified atom stereocenters. The van der Waals surface area contributed by atoms with Crippen LogP contribution in [0.4, 0.5) is 0 Å². The summed E-state index contributed by atoms with van der Waals surface area (Å²) in [7, 11) is 0. The standard InChI is InChI=1S/C52H36S/c1-52(2)47-29-32(18-25-43(47)44-26-27-49-50(51(44)52)45-15-7-8-17-48(45)53-49)28-38-30-37-24-23-36(31-46(37)42-14-6-5-13-41(38)42)33-19-21-35(22-20-33)40-16-9-11-34-10-3-4-12-39(34)40/h3-27,29-31H,28H2,1-2H3. The summed E-state index contributed by atoms with van der Waals surface area (Å²) in [6.07, 6.45) is 0.893. The number of hydrogen-bond acceptors (Lipinski definition) is 1. The molecular weight excluding hydrogens is 657 g/mol. The third kappa shape index (κ3) is 4.67. The Morgan fingerprint density at radius 1 is 0.434 bits per heavy atom. The predicted octanol–water partition coefficient (Wildman–Crippen LogP) is 14.7. The van der Waals surface area contributed by atoms with Crippen molar-refractivity contribution in [2.75, 3.05) is 0 Å². The van der Waals surface area contributed by atoms with Crippen LogP contribution in [0.1, 0.15) is 36.1 Å². The molecule has 0 aliphatic heterocycles. The summed E-state index contributed by atoms with van der Waals surface area (Å²) in [5.74, 6) is 0. The van der Waals surface area contributed by atoms with Crippen LogP contribution >= 0.6 is 11.3 Å². The molecule has 250 valence electrons. The molecular formula is C52H36S. The average molecular weight is 693 g/mol. The monoisotopic (exact) mass is 692 g/mol. The molecule has 11 rings (SSSR count). The Morgan fingerprint density at radius 3 is 2.00 bits per heavy atom. The predicted molar refractivity (Wildman–Crippen MR) is 230 cm³/mol. The van der Waals surface area contributed by atoms with Gasteiger partial charge in [0.15, 0.2) is 0 Å².